The second-order valence-corrected chi connectivity index (χ2v) is 5.87. The molecule has 0 aliphatic heterocycles. The molecule has 2 N–H and O–H groups in total. The van der Waals surface area contributed by atoms with E-state index in [1.54, 1.807) is 0 Å². The highest BCUT2D eigenvalue weighted by Gasteiger charge is 2.14. The Hall–Kier alpha value is -1.02. The predicted molar refractivity (Wildman–Crippen MR) is 81.2 cm³/mol. The third kappa shape index (κ3) is 4.02. The Morgan fingerprint density at radius 3 is 2.00 bits per heavy atom. The van der Waals surface area contributed by atoms with Crippen molar-refractivity contribution in [3.63, 3.8) is 0 Å². The standard InChI is InChI=1S/C16H28N2/c1-12(2)14-6-8-16(9-7-14)18(5)11-15(10-17)13(3)4/h6-9,12-13,15H,10-11,17H2,1-5H3. The fourth-order valence-corrected chi connectivity index (χ4v) is 2.13. The van der Waals surface area contributed by atoms with Crippen LogP contribution in [0.2, 0.25) is 0 Å². The summed E-state index contributed by atoms with van der Waals surface area (Å²) in [6.07, 6.45) is 0. The first-order valence-corrected chi connectivity index (χ1v) is 6.96. The number of hydrogen-bond donors (Lipinski definition) is 1. The maximum atomic E-state index is 5.84. The van der Waals surface area contributed by atoms with Crippen LogP contribution in [0.15, 0.2) is 24.3 Å². The van der Waals surface area contributed by atoms with E-state index in [9.17, 15) is 0 Å². The Labute approximate surface area is 112 Å². The number of hydrogen-bond acceptors (Lipinski definition) is 2. The second kappa shape index (κ2) is 6.79. The van der Waals surface area contributed by atoms with E-state index in [-0.39, 0.29) is 0 Å². The average molecular weight is 248 g/mol. The summed E-state index contributed by atoms with van der Waals surface area (Å²) in [5.74, 6) is 1.78. The van der Waals surface area contributed by atoms with Gasteiger partial charge < -0.3 is 10.6 Å². The van der Waals surface area contributed by atoms with Crippen LogP contribution in [0.3, 0.4) is 0 Å². The predicted octanol–water partition coefficient (Wildman–Crippen LogP) is 3.48. The maximum absolute atomic E-state index is 5.84. The lowest BCUT2D eigenvalue weighted by molar-refractivity contribution is 0.398. The number of nitrogens with two attached hydrogens (primary N) is 1. The van der Waals surface area contributed by atoms with E-state index in [0.717, 1.165) is 13.1 Å². The van der Waals surface area contributed by atoms with Crippen molar-refractivity contribution in [1.29, 1.82) is 0 Å². The molecule has 0 fully saturated rings. The van der Waals surface area contributed by atoms with Crippen molar-refractivity contribution in [1.82, 2.24) is 0 Å². The minimum absolute atomic E-state index is 0.555. The van der Waals surface area contributed by atoms with Gasteiger partial charge in [-0.15, -0.1) is 0 Å². The molecule has 0 aliphatic rings. The molecule has 0 aliphatic carbocycles. The van der Waals surface area contributed by atoms with Crippen LogP contribution in [0.1, 0.15) is 39.2 Å². The molecule has 0 spiro atoms. The van der Waals surface area contributed by atoms with Crippen molar-refractivity contribution in [2.24, 2.45) is 17.6 Å². The summed E-state index contributed by atoms with van der Waals surface area (Å²) in [6, 6.07) is 8.87. The van der Waals surface area contributed by atoms with E-state index >= 15 is 0 Å². The van der Waals surface area contributed by atoms with Crippen molar-refractivity contribution in [3.05, 3.63) is 29.8 Å². The van der Waals surface area contributed by atoms with Gasteiger partial charge in [0, 0.05) is 19.3 Å². The van der Waals surface area contributed by atoms with Gasteiger partial charge in [0.2, 0.25) is 0 Å². The molecule has 2 nitrogen and oxygen atoms in total. The number of anilines is 1. The average Bonchev–Trinajstić information content (AvgIpc) is 2.35. The van der Waals surface area contributed by atoms with Crippen LogP contribution in [0, 0.1) is 11.8 Å². The molecule has 0 heterocycles. The van der Waals surface area contributed by atoms with Crippen LogP contribution in [-0.2, 0) is 0 Å². The van der Waals surface area contributed by atoms with Gasteiger partial charge in [-0.2, -0.15) is 0 Å². The highest BCUT2D eigenvalue weighted by atomic mass is 15.1. The molecule has 1 aromatic rings. The third-order valence-electron chi connectivity index (χ3n) is 3.75. The molecule has 0 bridgehead atoms. The number of benzene rings is 1. The molecule has 18 heavy (non-hydrogen) atoms. The van der Waals surface area contributed by atoms with Gasteiger partial charge in [-0.25, -0.2) is 0 Å². The molecule has 1 atom stereocenters. The van der Waals surface area contributed by atoms with E-state index < -0.39 is 0 Å². The molecular formula is C16H28N2. The Balaban J connectivity index is 2.69. The molecule has 1 rings (SSSR count). The minimum Gasteiger partial charge on any atom is -0.374 e. The van der Waals surface area contributed by atoms with Crippen molar-refractivity contribution in [2.45, 2.75) is 33.6 Å². The smallest absolute Gasteiger partial charge is 0.0363 e. The topological polar surface area (TPSA) is 29.3 Å². The first kappa shape index (κ1) is 15.0. The summed E-state index contributed by atoms with van der Waals surface area (Å²) < 4.78 is 0. The van der Waals surface area contributed by atoms with Crippen molar-refractivity contribution >= 4 is 5.69 Å². The van der Waals surface area contributed by atoms with Crippen LogP contribution in [0.5, 0.6) is 0 Å². The summed E-state index contributed by atoms with van der Waals surface area (Å²) in [7, 11) is 2.15. The summed E-state index contributed by atoms with van der Waals surface area (Å²) in [6.45, 7) is 10.7. The van der Waals surface area contributed by atoms with Crippen LogP contribution >= 0.6 is 0 Å². The van der Waals surface area contributed by atoms with Gasteiger partial charge >= 0.3 is 0 Å². The normalized spacial score (nSPS) is 13.1. The van der Waals surface area contributed by atoms with Crippen LogP contribution in [-0.4, -0.2) is 20.1 Å². The fraction of sp³-hybridized carbons (Fsp3) is 0.625. The van der Waals surface area contributed by atoms with Crippen LogP contribution in [0.4, 0.5) is 5.69 Å². The van der Waals surface area contributed by atoms with E-state index in [1.807, 2.05) is 0 Å². The summed E-state index contributed by atoms with van der Waals surface area (Å²) >= 11 is 0. The van der Waals surface area contributed by atoms with Crippen molar-refractivity contribution in [3.8, 4) is 0 Å². The van der Waals surface area contributed by atoms with Gasteiger partial charge in [0.25, 0.3) is 0 Å². The SMILES string of the molecule is CC(C)c1ccc(N(C)CC(CN)C(C)C)cc1. The zero-order valence-electron chi connectivity index (χ0n) is 12.5. The molecule has 2 heteroatoms. The van der Waals surface area contributed by atoms with Gasteiger partial charge in [-0.1, -0.05) is 39.8 Å². The molecule has 0 saturated carbocycles. The molecule has 0 amide bonds. The van der Waals surface area contributed by atoms with Gasteiger partial charge in [0.15, 0.2) is 0 Å². The summed E-state index contributed by atoms with van der Waals surface area (Å²) in [5, 5.41) is 0. The Bertz CT molecular complexity index is 341. The molecule has 1 aromatic carbocycles. The van der Waals surface area contributed by atoms with Crippen LogP contribution in [0.25, 0.3) is 0 Å². The van der Waals surface area contributed by atoms with Crippen molar-refractivity contribution < 1.29 is 0 Å². The monoisotopic (exact) mass is 248 g/mol. The van der Waals surface area contributed by atoms with Gasteiger partial charge in [0.1, 0.15) is 0 Å². The summed E-state index contributed by atoms with van der Waals surface area (Å²) in [5.41, 5.74) is 8.51. The van der Waals surface area contributed by atoms with E-state index in [4.69, 9.17) is 5.73 Å². The van der Waals surface area contributed by atoms with Gasteiger partial charge in [-0.3, -0.25) is 0 Å². The second-order valence-electron chi connectivity index (χ2n) is 5.87. The lowest BCUT2D eigenvalue weighted by atomic mass is 9.95. The lowest BCUT2D eigenvalue weighted by Crippen LogP contribution is -2.33. The van der Waals surface area contributed by atoms with Crippen molar-refractivity contribution in [2.75, 3.05) is 25.0 Å². The highest BCUT2D eigenvalue weighted by Crippen LogP contribution is 2.21. The van der Waals surface area contributed by atoms with Gasteiger partial charge in [0.05, 0.1) is 0 Å². The lowest BCUT2D eigenvalue weighted by Gasteiger charge is -2.27. The molecule has 102 valence electrons. The Kier molecular flexibility index (Phi) is 5.67. The minimum atomic E-state index is 0.555. The first-order valence-electron chi connectivity index (χ1n) is 6.96. The van der Waals surface area contributed by atoms with E-state index in [1.165, 1.54) is 11.3 Å². The Morgan fingerprint density at radius 1 is 1.06 bits per heavy atom. The fourth-order valence-electron chi connectivity index (χ4n) is 2.13. The van der Waals surface area contributed by atoms with E-state index in [2.05, 4.69) is 63.9 Å². The third-order valence-corrected chi connectivity index (χ3v) is 3.75. The first-order chi connectivity index (χ1) is 8.45. The molecule has 1 unspecified atom stereocenters. The number of nitrogens with zero attached hydrogens (tertiary/aromatic N) is 1. The Morgan fingerprint density at radius 2 is 1.61 bits per heavy atom. The summed E-state index contributed by atoms with van der Waals surface area (Å²) in [4.78, 5) is 2.31. The van der Waals surface area contributed by atoms with Crippen LogP contribution < -0.4 is 10.6 Å². The molecule has 0 aromatic heterocycles. The quantitative estimate of drug-likeness (QED) is 0.835. The molecular weight excluding hydrogens is 220 g/mol. The number of rotatable bonds is 6. The highest BCUT2D eigenvalue weighted by molar-refractivity contribution is 5.47. The zero-order valence-corrected chi connectivity index (χ0v) is 12.5. The largest absolute Gasteiger partial charge is 0.374 e. The van der Waals surface area contributed by atoms with Gasteiger partial charge in [-0.05, 0) is 42.0 Å². The zero-order chi connectivity index (χ0) is 13.7. The van der Waals surface area contributed by atoms with E-state index in [0.29, 0.717) is 17.8 Å². The maximum Gasteiger partial charge on any atom is 0.0363 e. The molecule has 0 radical (unpaired) electrons. The molecule has 0 saturated heterocycles.